The fraction of sp³-hybridized carbons (Fsp3) is 0.105. The van der Waals surface area contributed by atoms with Crippen molar-refractivity contribution in [3.63, 3.8) is 0 Å². The average Bonchev–Trinajstić information content (AvgIpc) is 2.62. The number of amides is 2. The lowest BCUT2D eigenvalue weighted by Crippen LogP contribution is -2.40. The molecule has 3 rings (SSSR count). The molecule has 0 aromatic heterocycles. The van der Waals surface area contributed by atoms with Crippen LogP contribution in [0.1, 0.15) is 5.56 Å². The van der Waals surface area contributed by atoms with Gasteiger partial charge in [-0.25, -0.2) is 17.9 Å². The summed E-state index contributed by atoms with van der Waals surface area (Å²) in [6.07, 6.45) is 0.629. The Morgan fingerprint density at radius 3 is 2.28 bits per heavy atom. The van der Waals surface area contributed by atoms with E-state index in [0.29, 0.717) is 13.0 Å². The molecule has 0 saturated carbocycles. The monoisotopic (exact) mass is 354 g/mol. The molecule has 128 valence electrons. The zero-order chi connectivity index (χ0) is 17.7. The van der Waals surface area contributed by atoms with Gasteiger partial charge in [-0.15, -0.1) is 0 Å². The first-order chi connectivity index (χ1) is 12.0. The summed E-state index contributed by atoms with van der Waals surface area (Å²) in [5.74, 6) is 0. The van der Waals surface area contributed by atoms with Crippen molar-refractivity contribution in [2.45, 2.75) is 11.3 Å². The second-order valence-electron chi connectivity index (χ2n) is 5.61. The van der Waals surface area contributed by atoms with E-state index >= 15 is 0 Å². The molecular weight excluding hydrogens is 336 g/mol. The fourth-order valence-electron chi connectivity index (χ4n) is 2.52. The van der Waals surface area contributed by atoms with E-state index in [1.807, 2.05) is 59.3 Å². The Kier molecular flexibility index (Phi) is 5.00. The summed E-state index contributed by atoms with van der Waals surface area (Å²) in [5, 5.41) is 4.30. The van der Waals surface area contributed by atoms with Gasteiger partial charge in [0.1, 0.15) is 0 Å². The number of carbonyl (C=O) groups excluding carboxylic acids is 1. The molecule has 0 aliphatic carbocycles. The van der Waals surface area contributed by atoms with E-state index in [9.17, 15) is 13.2 Å². The largest absolute Gasteiger partial charge is 0.337 e. The molecule has 0 aliphatic heterocycles. The van der Waals surface area contributed by atoms with Gasteiger partial charge in [0.15, 0.2) is 0 Å². The van der Waals surface area contributed by atoms with Crippen molar-refractivity contribution in [1.82, 2.24) is 10.0 Å². The van der Waals surface area contributed by atoms with Crippen molar-refractivity contribution in [1.29, 1.82) is 0 Å². The summed E-state index contributed by atoms with van der Waals surface area (Å²) in [7, 11) is -3.91. The predicted molar refractivity (Wildman–Crippen MR) is 97.8 cm³/mol. The molecule has 0 heterocycles. The molecule has 25 heavy (non-hydrogen) atoms. The van der Waals surface area contributed by atoms with Crippen molar-refractivity contribution >= 4 is 26.8 Å². The van der Waals surface area contributed by atoms with Gasteiger partial charge in [-0.1, -0.05) is 60.7 Å². The quantitative estimate of drug-likeness (QED) is 0.739. The third-order valence-electron chi connectivity index (χ3n) is 3.80. The van der Waals surface area contributed by atoms with Crippen molar-refractivity contribution in [3.8, 4) is 0 Å². The summed E-state index contributed by atoms with van der Waals surface area (Å²) in [6.45, 7) is 0.350. The first-order valence-electron chi connectivity index (χ1n) is 7.88. The SMILES string of the molecule is O=C(NCCc1ccccc1)NS(=O)(=O)c1ccc2ccccc2c1. The molecule has 0 fully saturated rings. The lowest BCUT2D eigenvalue weighted by Gasteiger charge is -2.09. The fourth-order valence-corrected chi connectivity index (χ4v) is 3.48. The molecule has 3 aromatic carbocycles. The van der Waals surface area contributed by atoms with E-state index in [1.165, 1.54) is 6.07 Å². The standard InChI is InChI=1S/C19H18N2O3S/c22-19(20-13-12-15-6-2-1-3-7-15)21-25(23,24)18-11-10-16-8-4-5-9-17(16)14-18/h1-11,14H,12-13H2,(H2,20,21,22). The minimum atomic E-state index is -3.91. The molecule has 0 aliphatic rings. The lowest BCUT2D eigenvalue weighted by atomic mass is 10.1. The Morgan fingerprint density at radius 1 is 0.840 bits per heavy atom. The van der Waals surface area contributed by atoms with E-state index in [-0.39, 0.29) is 4.90 Å². The zero-order valence-electron chi connectivity index (χ0n) is 13.5. The van der Waals surface area contributed by atoms with Gasteiger partial charge in [0.05, 0.1) is 4.90 Å². The third-order valence-corrected chi connectivity index (χ3v) is 5.13. The molecule has 0 bridgehead atoms. The van der Waals surface area contributed by atoms with Gasteiger partial charge in [0.2, 0.25) is 0 Å². The highest BCUT2D eigenvalue weighted by Crippen LogP contribution is 2.18. The number of sulfonamides is 1. The maximum Gasteiger partial charge on any atom is 0.328 e. The highest BCUT2D eigenvalue weighted by molar-refractivity contribution is 7.90. The van der Waals surface area contributed by atoms with Crippen LogP contribution >= 0.6 is 0 Å². The molecule has 0 radical (unpaired) electrons. The summed E-state index contributed by atoms with van der Waals surface area (Å²) >= 11 is 0. The van der Waals surface area contributed by atoms with Gasteiger partial charge in [0.25, 0.3) is 10.0 Å². The normalized spacial score (nSPS) is 11.2. The summed E-state index contributed by atoms with van der Waals surface area (Å²) in [5.41, 5.74) is 1.07. The highest BCUT2D eigenvalue weighted by Gasteiger charge is 2.17. The smallest absolute Gasteiger partial charge is 0.328 e. The van der Waals surface area contributed by atoms with E-state index in [1.54, 1.807) is 12.1 Å². The number of fused-ring (bicyclic) bond motifs is 1. The van der Waals surface area contributed by atoms with E-state index < -0.39 is 16.1 Å². The van der Waals surface area contributed by atoms with Crippen molar-refractivity contribution in [2.24, 2.45) is 0 Å². The van der Waals surface area contributed by atoms with E-state index in [0.717, 1.165) is 16.3 Å². The van der Waals surface area contributed by atoms with Gasteiger partial charge in [-0.05, 0) is 34.9 Å². The van der Waals surface area contributed by atoms with Crippen LogP contribution in [0, 0.1) is 0 Å². The third kappa shape index (κ3) is 4.36. The maximum absolute atomic E-state index is 12.3. The molecule has 3 aromatic rings. The van der Waals surface area contributed by atoms with Gasteiger partial charge >= 0.3 is 6.03 Å². The highest BCUT2D eigenvalue weighted by atomic mass is 32.2. The second kappa shape index (κ2) is 7.36. The van der Waals surface area contributed by atoms with Gasteiger partial charge in [-0.3, -0.25) is 0 Å². The van der Waals surface area contributed by atoms with Crippen molar-refractivity contribution in [2.75, 3.05) is 6.54 Å². The number of rotatable bonds is 5. The van der Waals surface area contributed by atoms with E-state index in [2.05, 4.69) is 5.32 Å². The molecule has 0 saturated heterocycles. The molecule has 0 atom stereocenters. The van der Waals surface area contributed by atoms with Crippen LogP contribution in [0.3, 0.4) is 0 Å². The van der Waals surface area contributed by atoms with Crippen LogP contribution in [0.5, 0.6) is 0 Å². The van der Waals surface area contributed by atoms with Crippen LogP contribution in [0.25, 0.3) is 10.8 Å². The van der Waals surface area contributed by atoms with Crippen LogP contribution in [0.15, 0.2) is 77.7 Å². The number of benzene rings is 3. The van der Waals surface area contributed by atoms with E-state index in [4.69, 9.17) is 0 Å². The lowest BCUT2D eigenvalue weighted by molar-refractivity contribution is 0.246. The summed E-state index contributed by atoms with van der Waals surface area (Å²) in [6, 6.07) is 21.1. The number of urea groups is 1. The average molecular weight is 354 g/mol. The molecule has 5 nitrogen and oxygen atoms in total. The first-order valence-corrected chi connectivity index (χ1v) is 9.36. The minimum Gasteiger partial charge on any atom is -0.337 e. The Morgan fingerprint density at radius 2 is 1.52 bits per heavy atom. The molecule has 0 unspecified atom stereocenters. The molecular formula is C19H18N2O3S. The molecule has 2 N–H and O–H groups in total. The summed E-state index contributed by atoms with van der Waals surface area (Å²) < 4.78 is 26.7. The molecule has 2 amide bonds. The molecule has 0 spiro atoms. The Balaban J connectivity index is 1.62. The van der Waals surface area contributed by atoms with Crippen LogP contribution in [-0.4, -0.2) is 21.0 Å². The Bertz CT molecular complexity index is 986. The zero-order valence-corrected chi connectivity index (χ0v) is 14.3. The predicted octanol–water partition coefficient (Wildman–Crippen LogP) is 3.07. The topological polar surface area (TPSA) is 75.3 Å². The van der Waals surface area contributed by atoms with Gasteiger partial charge in [0, 0.05) is 6.54 Å². The second-order valence-corrected chi connectivity index (χ2v) is 7.29. The van der Waals surface area contributed by atoms with Gasteiger partial charge < -0.3 is 5.32 Å². The van der Waals surface area contributed by atoms with Crippen molar-refractivity contribution in [3.05, 3.63) is 78.4 Å². The Labute approximate surface area is 146 Å². The first kappa shape index (κ1) is 17.0. The van der Waals surface area contributed by atoms with Crippen LogP contribution < -0.4 is 10.0 Å². The van der Waals surface area contributed by atoms with Gasteiger partial charge in [-0.2, -0.15) is 0 Å². The van der Waals surface area contributed by atoms with Crippen molar-refractivity contribution < 1.29 is 13.2 Å². The van der Waals surface area contributed by atoms with Crippen LogP contribution in [-0.2, 0) is 16.4 Å². The number of hydrogen-bond donors (Lipinski definition) is 2. The maximum atomic E-state index is 12.3. The van der Waals surface area contributed by atoms with Crippen LogP contribution in [0.4, 0.5) is 4.79 Å². The van der Waals surface area contributed by atoms with Crippen LogP contribution in [0.2, 0.25) is 0 Å². The minimum absolute atomic E-state index is 0.0596. The number of carbonyl (C=O) groups is 1. The Hall–Kier alpha value is -2.86. The number of hydrogen-bond acceptors (Lipinski definition) is 3. The molecule has 6 heteroatoms. The summed E-state index contributed by atoms with van der Waals surface area (Å²) in [4.78, 5) is 11.9. The number of nitrogens with one attached hydrogen (secondary N) is 2.